The summed E-state index contributed by atoms with van der Waals surface area (Å²) >= 11 is 0. The van der Waals surface area contributed by atoms with Crippen molar-refractivity contribution in [3.05, 3.63) is 0 Å². The molecule has 0 aromatic heterocycles. The summed E-state index contributed by atoms with van der Waals surface area (Å²) in [6.07, 6.45) is -65.4. The SMILES string of the molecule is CC1=NC2C(O1)OC(CO)[C@H](O[C@@H]1OC(CO[C@@H]3OC(CO[C@@H]4OC(CO)[C@H](O)[C@H](O)C4O)[C@H](O)[C@H](O[C@H]4O[C@H](CO)[C@@H](O)C(O)C4O)C3O)[C@H](O)[C@H](O[C@H]3O[C@H](CO)[C@@H](O)C(O)C3O[C@H]3O[C@H](CO)[C@@H](O)C(O)C3O)C1O)[C@@H]2O. The molecular weight excluding hydrogens is 1100 g/mol. The summed E-state index contributed by atoms with van der Waals surface area (Å²) in [6.45, 7) is -5.06. The van der Waals surface area contributed by atoms with Gasteiger partial charge in [0, 0.05) is 6.92 Å². The number of fused-ring (bicyclic) bond motifs is 1. The second kappa shape index (κ2) is 27.2. The molecule has 0 bridgehead atoms. The monoisotopic (exact) mass is 1180 g/mol. The molecule has 36 heteroatoms. The van der Waals surface area contributed by atoms with Gasteiger partial charge in [-0.25, -0.2) is 4.99 Å². The summed E-state index contributed by atoms with van der Waals surface area (Å²) in [5.41, 5.74) is 0. The molecule has 0 aromatic carbocycles. The fourth-order valence-corrected chi connectivity index (χ4v) is 10.4. The Kier molecular flexibility index (Phi) is 21.8. The highest BCUT2D eigenvalue weighted by molar-refractivity contribution is 5.75. The van der Waals surface area contributed by atoms with Crippen molar-refractivity contribution in [3.8, 4) is 0 Å². The number of rotatable bonds is 19. The third-order valence-electron chi connectivity index (χ3n) is 15.1. The maximum Gasteiger partial charge on any atom is 0.227 e. The quantitative estimate of drug-likeness (QED) is 0.0571. The molecule has 8 aliphatic heterocycles. The van der Waals surface area contributed by atoms with Crippen LogP contribution in [-0.4, -0.2) is 374 Å². The van der Waals surface area contributed by atoms with Crippen molar-refractivity contribution in [2.45, 2.75) is 222 Å². The number of aliphatic hydroxyl groups is 21. The van der Waals surface area contributed by atoms with Crippen LogP contribution in [0.3, 0.4) is 0 Å². The lowest BCUT2D eigenvalue weighted by Crippen LogP contribution is -2.68. The Morgan fingerprint density at radius 2 is 0.650 bits per heavy atom. The topological polar surface area (TPSA) is 566 Å². The number of hydrogen-bond acceptors (Lipinski definition) is 36. The zero-order valence-corrected chi connectivity index (χ0v) is 42.2. The van der Waals surface area contributed by atoms with Crippen molar-refractivity contribution in [2.75, 3.05) is 46.2 Å². The molecule has 8 heterocycles. The molecule has 464 valence electrons. The van der Waals surface area contributed by atoms with Gasteiger partial charge in [-0.05, 0) is 0 Å². The van der Waals surface area contributed by atoms with E-state index in [1.165, 1.54) is 6.92 Å². The highest BCUT2D eigenvalue weighted by atomic mass is 16.8. The first-order chi connectivity index (χ1) is 38.0. The maximum atomic E-state index is 12.1. The summed E-state index contributed by atoms with van der Waals surface area (Å²) in [7, 11) is 0. The van der Waals surface area contributed by atoms with Gasteiger partial charge in [0.05, 0.1) is 46.2 Å². The number of nitrogens with zero attached hydrogens (tertiary/aromatic N) is 1. The second-order valence-electron chi connectivity index (χ2n) is 20.4. The lowest BCUT2D eigenvalue weighted by Gasteiger charge is -2.49. The van der Waals surface area contributed by atoms with Gasteiger partial charge in [0.25, 0.3) is 0 Å². The van der Waals surface area contributed by atoms with Gasteiger partial charge in [-0.3, -0.25) is 0 Å². The predicted octanol–water partition coefficient (Wildman–Crippen LogP) is -14.8. The molecule has 36 nitrogen and oxygen atoms in total. The van der Waals surface area contributed by atoms with Crippen LogP contribution in [0.4, 0.5) is 0 Å². The molecule has 21 N–H and O–H groups in total. The van der Waals surface area contributed by atoms with Gasteiger partial charge in [-0.1, -0.05) is 0 Å². The van der Waals surface area contributed by atoms with Crippen LogP contribution in [0.5, 0.6) is 0 Å². The Bertz CT molecular complexity index is 1970. The fraction of sp³-hybridized carbons (Fsp3) is 0.977. The minimum absolute atomic E-state index is 0.0868. The maximum absolute atomic E-state index is 12.1. The first kappa shape index (κ1) is 64.1. The minimum Gasteiger partial charge on any atom is -0.450 e. The molecule has 15 unspecified atom stereocenters. The molecule has 0 amide bonds. The Balaban J connectivity index is 1.08. The second-order valence-corrected chi connectivity index (χ2v) is 20.4. The summed E-state index contributed by atoms with van der Waals surface area (Å²) in [5.74, 6) is 0.0868. The Morgan fingerprint density at radius 1 is 0.312 bits per heavy atom. The molecule has 7 saturated heterocycles. The van der Waals surface area contributed by atoms with Gasteiger partial charge in [0.15, 0.2) is 43.6 Å². The number of ether oxygens (including phenoxy) is 14. The van der Waals surface area contributed by atoms with Crippen molar-refractivity contribution in [2.24, 2.45) is 4.99 Å². The average Bonchev–Trinajstić information content (AvgIpc) is 3.85. The highest BCUT2D eigenvalue weighted by Crippen LogP contribution is 2.38. The van der Waals surface area contributed by atoms with Crippen LogP contribution in [-0.2, 0) is 66.3 Å². The van der Waals surface area contributed by atoms with Crippen molar-refractivity contribution in [1.29, 1.82) is 0 Å². The van der Waals surface area contributed by atoms with Crippen molar-refractivity contribution >= 4 is 5.90 Å². The van der Waals surface area contributed by atoms with Crippen LogP contribution in [0.15, 0.2) is 4.99 Å². The van der Waals surface area contributed by atoms with E-state index in [2.05, 4.69) is 4.99 Å². The van der Waals surface area contributed by atoms with Crippen LogP contribution in [0.2, 0.25) is 0 Å². The highest BCUT2D eigenvalue weighted by Gasteiger charge is 2.58. The van der Waals surface area contributed by atoms with E-state index in [1.54, 1.807) is 0 Å². The summed E-state index contributed by atoms with van der Waals surface area (Å²) in [4.78, 5) is 4.19. The smallest absolute Gasteiger partial charge is 0.227 e. The van der Waals surface area contributed by atoms with E-state index in [1.807, 2.05) is 0 Å². The van der Waals surface area contributed by atoms with Gasteiger partial charge in [-0.2, -0.15) is 0 Å². The molecule has 0 saturated carbocycles. The zero-order valence-electron chi connectivity index (χ0n) is 42.2. The molecule has 0 spiro atoms. The third kappa shape index (κ3) is 12.9. The van der Waals surface area contributed by atoms with E-state index in [0.717, 1.165) is 0 Å². The molecule has 7 fully saturated rings. The van der Waals surface area contributed by atoms with Crippen LogP contribution in [0.1, 0.15) is 6.92 Å². The number of aliphatic imine (C=N–C) groups is 1. The number of aliphatic hydroxyl groups excluding tert-OH is 21. The normalized spacial score (nSPS) is 53.0. The lowest BCUT2D eigenvalue weighted by molar-refractivity contribution is -0.397. The van der Waals surface area contributed by atoms with Crippen molar-refractivity contribution in [1.82, 2.24) is 0 Å². The van der Waals surface area contributed by atoms with Crippen molar-refractivity contribution < 1.29 is 174 Å². The molecule has 0 radical (unpaired) electrons. The van der Waals surface area contributed by atoms with Crippen LogP contribution in [0.25, 0.3) is 0 Å². The van der Waals surface area contributed by atoms with Crippen molar-refractivity contribution in [3.63, 3.8) is 0 Å². The lowest BCUT2D eigenvalue weighted by atomic mass is 9.95. The molecule has 35 atom stereocenters. The van der Waals surface area contributed by atoms with Crippen LogP contribution < -0.4 is 0 Å². The minimum atomic E-state index is -2.27. The van der Waals surface area contributed by atoms with E-state index in [9.17, 15) is 107 Å². The molecule has 8 rings (SSSR count). The van der Waals surface area contributed by atoms with E-state index in [4.69, 9.17) is 66.3 Å². The largest absolute Gasteiger partial charge is 0.450 e. The predicted molar refractivity (Wildman–Crippen MR) is 242 cm³/mol. The van der Waals surface area contributed by atoms with Gasteiger partial charge in [-0.15, -0.1) is 0 Å². The molecule has 0 aromatic rings. The van der Waals surface area contributed by atoms with E-state index in [0.29, 0.717) is 0 Å². The molecule has 0 aliphatic carbocycles. The zero-order chi connectivity index (χ0) is 58.3. The fourth-order valence-electron chi connectivity index (χ4n) is 10.4. The molecule has 80 heavy (non-hydrogen) atoms. The van der Waals surface area contributed by atoms with Crippen LogP contribution in [0, 0.1) is 0 Å². The molecular formula is C44H73NO35. The summed E-state index contributed by atoms with van der Waals surface area (Å²) < 4.78 is 80.3. The standard InChI is InChI=1S/C44H73NO35/c1-9-45-17-24(57)34(14(6-50)74-38(17)69-9)77-43-33(66)36(79-44-37(28(61)21(54)13(5-49)73-44)80-42-31(64)27(60)20(53)12(4-48)72-42)23(56)16(76-43)8-68-40-32(65)35(78-41-30(63)26(59)19(52)11(3-47)71-41)22(55)15(75-40)7-67-39-29(62)25(58)18(51)10(2-46)70-39/h10-44,46-66H,2-8H2,1H3/t10?,11-,12-,13-,14?,15?,16?,17?,18+,19-,20-,21-,22+,23+,24-,25+,26?,27?,28?,29?,30?,31?,32?,33?,34+,35+,36+,37?,38?,39-,40-,41-,42-,43+,44-/m1/s1. The first-order valence-corrected chi connectivity index (χ1v) is 25.6. The Labute approximate surface area is 452 Å². The number of hydrogen-bond donors (Lipinski definition) is 21. The Morgan fingerprint density at radius 3 is 1.12 bits per heavy atom. The molecule has 8 aliphatic rings. The third-order valence-corrected chi connectivity index (χ3v) is 15.1. The Hall–Kier alpha value is -1.89. The first-order valence-electron chi connectivity index (χ1n) is 25.6. The van der Waals surface area contributed by atoms with Gasteiger partial charge < -0.3 is 174 Å². The van der Waals surface area contributed by atoms with Gasteiger partial charge >= 0.3 is 0 Å². The van der Waals surface area contributed by atoms with Gasteiger partial charge in [0.1, 0.15) is 171 Å². The van der Waals surface area contributed by atoms with E-state index in [-0.39, 0.29) is 5.90 Å². The average molecular weight is 1180 g/mol. The summed E-state index contributed by atoms with van der Waals surface area (Å²) in [5, 5.41) is 226. The van der Waals surface area contributed by atoms with Gasteiger partial charge in [0.2, 0.25) is 6.29 Å². The van der Waals surface area contributed by atoms with Crippen LogP contribution >= 0.6 is 0 Å². The van der Waals surface area contributed by atoms with E-state index < -0.39 is 261 Å². The van der Waals surface area contributed by atoms with E-state index >= 15 is 0 Å². The summed E-state index contributed by atoms with van der Waals surface area (Å²) in [6, 6.07) is -1.17.